The molecule has 4 aromatic rings. The number of hydrogen-bond acceptors (Lipinski definition) is 1. The number of rotatable bonds is 7. The summed E-state index contributed by atoms with van der Waals surface area (Å²) in [5.74, 6) is -0.259. The van der Waals surface area contributed by atoms with Crippen LogP contribution in [0.3, 0.4) is 0 Å². The number of aromatic nitrogens is 1. The fourth-order valence-electron chi connectivity index (χ4n) is 3.85. The molecule has 0 atom stereocenters. The lowest BCUT2D eigenvalue weighted by Crippen LogP contribution is -2.31. The minimum Gasteiger partial charge on any atom is -0.345 e. The predicted octanol–water partition coefficient (Wildman–Crippen LogP) is 7.70. The largest absolute Gasteiger partial charge is 0.416 e. The standard InChI is InChI=1S/C27H21Cl2F3N2O/c28-23-13-21(14-24(29)15-23)26(35)34(16-19-6-2-1-3-7-19)18-25-10-5-11-33(25)17-20-8-4-9-22(12-20)27(30,31)32/h1-15H,16-18H2. The molecule has 0 unspecified atom stereocenters. The lowest BCUT2D eigenvalue weighted by molar-refractivity contribution is -0.137. The minimum absolute atomic E-state index is 0.239. The highest BCUT2D eigenvalue weighted by Gasteiger charge is 2.30. The summed E-state index contributed by atoms with van der Waals surface area (Å²) in [4.78, 5) is 15.1. The quantitative estimate of drug-likeness (QED) is 0.247. The molecule has 0 fully saturated rings. The van der Waals surface area contributed by atoms with Gasteiger partial charge in [0.1, 0.15) is 0 Å². The summed E-state index contributed by atoms with van der Waals surface area (Å²) in [6.45, 7) is 0.810. The summed E-state index contributed by atoms with van der Waals surface area (Å²) in [6.07, 6.45) is -2.62. The van der Waals surface area contributed by atoms with Crippen molar-refractivity contribution in [2.75, 3.05) is 0 Å². The molecule has 1 amide bonds. The highest BCUT2D eigenvalue weighted by Crippen LogP contribution is 2.30. The van der Waals surface area contributed by atoms with Crippen LogP contribution in [0.5, 0.6) is 0 Å². The zero-order valence-electron chi connectivity index (χ0n) is 18.5. The summed E-state index contributed by atoms with van der Waals surface area (Å²) in [5.41, 5.74) is 1.89. The molecule has 3 aromatic carbocycles. The van der Waals surface area contributed by atoms with E-state index in [1.54, 1.807) is 35.4 Å². The molecular weight excluding hydrogens is 496 g/mol. The maximum absolute atomic E-state index is 13.5. The van der Waals surface area contributed by atoms with Gasteiger partial charge in [0.05, 0.1) is 12.1 Å². The molecule has 0 radical (unpaired) electrons. The summed E-state index contributed by atoms with van der Waals surface area (Å²) < 4.78 is 41.3. The summed E-state index contributed by atoms with van der Waals surface area (Å²) in [6, 6.07) is 23.1. The Morgan fingerprint density at radius 3 is 2.17 bits per heavy atom. The smallest absolute Gasteiger partial charge is 0.345 e. The molecule has 0 aliphatic rings. The Hall–Kier alpha value is -3.22. The fourth-order valence-corrected chi connectivity index (χ4v) is 4.37. The van der Waals surface area contributed by atoms with Crippen molar-refractivity contribution in [2.24, 2.45) is 0 Å². The van der Waals surface area contributed by atoms with Crippen molar-refractivity contribution in [2.45, 2.75) is 25.8 Å². The van der Waals surface area contributed by atoms with E-state index in [0.29, 0.717) is 27.7 Å². The van der Waals surface area contributed by atoms with Crippen LogP contribution >= 0.6 is 23.2 Å². The number of carbonyl (C=O) groups excluding carboxylic acids is 1. The summed E-state index contributed by atoms with van der Waals surface area (Å²) >= 11 is 12.2. The minimum atomic E-state index is -4.41. The molecular formula is C27H21Cl2F3N2O. The number of nitrogens with zero attached hydrogens (tertiary/aromatic N) is 2. The monoisotopic (exact) mass is 516 g/mol. The van der Waals surface area contributed by atoms with E-state index in [1.165, 1.54) is 6.07 Å². The maximum Gasteiger partial charge on any atom is 0.416 e. The lowest BCUT2D eigenvalue weighted by atomic mass is 10.1. The van der Waals surface area contributed by atoms with Gasteiger partial charge in [-0.05, 0) is 53.6 Å². The number of hydrogen-bond donors (Lipinski definition) is 0. The molecule has 35 heavy (non-hydrogen) atoms. The van der Waals surface area contributed by atoms with Crippen LogP contribution in [0.25, 0.3) is 0 Å². The number of alkyl halides is 3. The third-order valence-corrected chi connectivity index (χ3v) is 5.93. The number of halogens is 5. The van der Waals surface area contributed by atoms with E-state index in [1.807, 2.05) is 47.0 Å². The van der Waals surface area contributed by atoms with Crippen LogP contribution in [0.15, 0.2) is 91.1 Å². The van der Waals surface area contributed by atoms with Crippen molar-refractivity contribution < 1.29 is 18.0 Å². The normalized spacial score (nSPS) is 11.5. The van der Waals surface area contributed by atoms with E-state index < -0.39 is 11.7 Å². The first-order valence-corrected chi connectivity index (χ1v) is 11.5. The molecule has 1 aromatic heterocycles. The van der Waals surface area contributed by atoms with E-state index in [2.05, 4.69) is 0 Å². The second kappa shape index (κ2) is 10.6. The average molecular weight is 517 g/mol. The fraction of sp³-hybridized carbons (Fsp3) is 0.148. The van der Waals surface area contributed by atoms with Gasteiger partial charge in [0.25, 0.3) is 5.91 Å². The average Bonchev–Trinajstić information content (AvgIpc) is 3.24. The van der Waals surface area contributed by atoms with Crippen molar-refractivity contribution in [1.29, 1.82) is 0 Å². The first kappa shape index (κ1) is 24.9. The first-order chi connectivity index (χ1) is 16.7. The van der Waals surface area contributed by atoms with Crippen LogP contribution in [0.1, 0.15) is 32.7 Å². The van der Waals surface area contributed by atoms with Gasteiger partial charge in [-0.1, -0.05) is 65.7 Å². The van der Waals surface area contributed by atoms with Crippen LogP contribution in [0.2, 0.25) is 10.0 Å². The van der Waals surface area contributed by atoms with Crippen molar-refractivity contribution in [3.8, 4) is 0 Å². The molecule has 8 heteroatoms. The number of benzene rings is 3. The Labute approximate surface area is 211 Å². The van der Waals surface area contributed by atoms with Gasteiger partial charge in [-0.3, -0.25) is 4.79 Å². The molecule has 0 saturated carbocycles. The Kier molecular flexibility index (Phi) is 7.53. The SMILES string of the molecule is O=C(c1cc(Cl)cc(Cl)c1)N(Cc1ccccc1)Cc1cccn1Cc1cccc(C(F)(F)F)c1. The van der Waals surface area contributed by atoms with E-state index in [9.17, 15) is 18.0 Å². The van der Waals surface area contributed by atoms with Crippen molar-refractivity contribution in [3.05, 3.63) is 129 Å². The second-order valence-electron chi connectivity index (χ2n) is 8.13. The van der Waals surface area contributed by atoms with Crippen molar-refractivity contribution in [1.82, 2.24) is 9.47 Å². The molecule has 4 rings (SSSR count). The first-order valence-electron chi connectivity index (χ1n) is 10.8. The van der Waals surface area contributed by atoms with E-state index in [0.717, 1.165) is 23.4 Å². The van der Waals surface area contributed by atoms with Crippen LogP contribution < -0.4 is 0 Å². The summed E-state index contributed by atoms with van der Waals surface area (Å²) in [5, 5.41) is 0.710. The van der Waals surface area contributed by atoms with Crippen molar-refractivity contribution in [3.63, 3.8) is 0 Å². The Morgan fingerprint density at radius 1 is 0.800 bits per heavy atom. The van der Waals surface area contributed by atoms with Gasteiger partial charge < -0.3 is 9.47 Å². The highest BCUT2D eigenvalue weighted by atomic mass is 35.5. The van der Waals surface area contributed by atoms with Crippen molar-refractivity contribution >= 4 is 29.1 Å². The molecule has 0 aliphatic heterocycles. The Balaban J connectivity index is 1.62. The molecule has 0 bridgehead atoms. The maximum atomic E-state index is 13.5. The highest BCUT2D eigenvalue weighted by molar-refractivity contribution is 6.35. The third kappa shape index (κ3) is 6.47. The van der Waals surface area contributed by atoms with Crippen LogP contribution in [0.4, 0.5) is 13.2 Å². The predicted molar refractivity (Wildman–Crippen MR) is 131 cm³/mol. The van der Waals surface area contributed by atoms with Gasteiger partial charge in [0, 0.05) is 40.6 Å². The molecule has 0 N–H and O–H groups in total. The van der Waals surface area contributed by atoms with Crippen LogP contribution in [-0.2, 0) is 25.8 Å². The Morgan fingerprint density at radius 2 is 1.49 bits per heavy atom. The molecule has 3 nitrogen and oxygen atoms in total. The molecule has 1 heterocycles. The van der Waals surface area contributed by atoms with Gasteiger partial charge in [-0.15, -0.1) is 0 Å². The zero-order chi connectivity index (χ0) is 25.0. The topological polar surface area (TPSA) is 25.2 Å². The van der Waals surface area contributed by atoms with Gasteiger partial charge in [-0.2, -0.15) is 13.2 Å². The molecule has 0 saturated heterocycles. The zero-order valence-corrected chi connectivity index (χ0v) is 20.0. The number of amides is 1. The molecule has 0 spiro atoms. The lowest BCUT2D eigenvalue weighted by Gasteiger charge is -2.24. The summed E-state index contributed by atoms with van der Waals surface area (Å²) in [7, 11) is 0. The molecule has 0 aliphatic carbocycles. The van der Waals surface area contributed by atoms with E-state index in [-0.39, 0.29) is 19.0 Å². The van der Waals surface area contributed by atoms with Gasteiger partial charge in [0.15, 0.2) is 0 Å². The molecule has 180 valence electrons. The van der Waals surface area contributed by atoms with Crippen LogP contribution in [-0.4, -0.2) is 15.4 Å². The number of carbonyl (C=O) groups is 1. The Bertz CT molecular complexity index is 1300. The second-order valence-corrected chi connectivity index (χ2v) is 9.00. The van der Waals surface area contributed by atoms with Gasteiger partial charge in [-0.25, -0.2) is 0 Å². The van der Waals surface area contributed by atoms with E-state index >= 15 is 0 Å². The van der Waals surface area contributed by atoms with Gasteiger partial charge in [0.2, 0.25) is 0 Å². The van der Waals surface area contributed by atoms with Gasteiger partial charge >= 0.3 is 6.18 Å². The third-order valence-electron chi connectivity index (χ3n) is 5.50. The van der Waals surface area contributed by atoms with E-state index in [4.69, 9.17) is 23.2 Å². The van der Waals surface area contributed by atoms with Crippen LogP contribution in [0, 0.1) is 0 Å².